The van der Waals surface area contributed by atoms with Crippen LogP contribution in [0.4, 0.5) is 0 Å². The number of aliphatic imine (C=N–C) groups is 3. The number of para-hydroxylation sites is 1. The van der Waals surface area contributed by atoms with Gasteiger partial charge in [-0.05, 0) is 43.3 Å². The third-order valence-corrected chi connectivity index (χ3v) is 5.71. The molecule has 4 rings (SSSR count). The summed E-state index contributed by atoms with van der Waals surface area (Å²) < 4.78 is 1.74. The zero-order chi connectivity index (χ0) is 21.1. The highest BCUT2D eigenvalue weighted by atomic mass is 32.2. The molecule has 0 radical (unpaired) electrons. The lowest BCUT2D eigenvalue weighted by molar-refractivity contribution is 0.608. The molecule has 0 fully saturated rings. The molecular weight excluding hydrogens is 394 g/mol. The minimum absolute atomic E-state index is 0.0611. The molecule has 0 amide bonds. The Morgan fingerprint density at radius 1 is 1.17 bits per heavy atom. The Balaban J connectivity index is 1.87. The number of fused-ring (bicyclic) bond motifs is 1. The number of pyridine rings is 1. The average Bonchev–Trinajstić information content (AvgIpc) is 3.26. The van der Waals surface area contributed by atoms with Crippen molar-refractivity contribution in [2.45, 2.75) is 13.0 Å². The summed E-state index contributed by atoms with van der Waals surface area (Å²) in [4.78, 5) is 26.2. The van der Waals surface area contributed by atoms with E-state index in [-0.39, 0.29) is 11.6 Å². The van der Waals surface area contributed by atoms with E-state index in [4.69, 9.17) is 0 Å². The van der Waals surface area contributed by atoms with E-state index >= 15 is 0 Å². The van der Waals surface area contributed by atoms with Crippen LogP contribution in [0.1, 0.15) is 18.7 Å². The standard InChI is InChI=1S/C23H21N5OS/c1-15(27-21(24-2)20-22(25-3)30-14-26-20)19-13-16-9-7-8-12-18(16)23(29)28(19)17-10-5-4-6-11-17/h4-15,27H,2H2,1,3H3/b21-20-,25-22+/t15-/m0/s1. The van der Waals surface area contributed by atoms with Gasteiger partial charge in [-0.1, -0.05) is 48.2 Å². The molecule has 1 N–H and O–H groups in total. The van der Waals surface area contributed by atoms with Crippen molar-refractivity contribution in [2.75, 3.05) is 7.05 Å². The largest absolute Gasteiger partial charge is 0.360 e. The Labute approximate surface area is 178 Å². The molecule has 0 spiro atoms. The summed E-state index contributed by atoms with van der Waals surface area (Å²) in [6, 6.07) is 19.0. The van der Waals surface area contributed by atoms with Gasteiger partial charge < -0.3 is 5.32 Å². The molecule has 1 aromatic heterocycles. The van der Waals surface area contributed by atoms with Crippen molar-refractivity contribution < 1.29 is 0 Å². The fraction of sp³-hybridized carbons (Fsp3) is 0.130. The molecule has 7 heteroatoms. The maximum absolute atomic E-state index is 13.4. The summed E-state index contributed by atoms with van der Waals surface area (Å²) in [6.45, 7) is 5.68. The van der Waals surface area contributed by atoms with Gasteiger partial charge in [0, 0.05) is 23.8 Å². The molecule has 0 unspecified atom stereocenters. The SMILES string of the molecule is C=N/C(N[C@@H](C)c1cc2ccccc2c(=O)n1-c1ccccc1)=C1/N=CS/C1=N/C. The summed E-state index contributed by atoms with van der Waals surface area (Å²) in [5, 5.41) is 5.72. The van der Waals surface area contributed by atoms with Crippen LogP contribution < -0.4 is 10.9 Å². The van der Waals surface area contributed by atoms with E-state index < -0.39 is 0 Å². The van der Waals surface area contributed by atoms with Crippen molar-refractivity contribution in [2.24, 2.45) is 15.0 Å². The Kier molecular flexibility index (Phi) is 5.63. The van der Waals surface area contributed by atoms with E-state index in [2.05, 4.69) is 27.0 Å². The van der Waals surface area contributed by atoms with Crippen LogP contribution in [0.25, 0.3) is 16.5 Å². The van der Waals surface area contributed by atoms with Crippen LogP contribution in [0.2, 0.25) is 0 Å². The molecule has 3 aromatic rings. The number of nitrogens with zero attached hydrogens (tertiary/aromatic N) is 4. The van der Waals surface area contributed by atoms with Crippen LogP contribution in [0.3, 0.4) is 0 Å². The third kappa shape index (κ3) is 3.59. The van der Waals surface area contributed by atoms with Gasteiger partial charge in [-0.15, -0.1) is 0 Å². The van der Waals surface area contributed by atoms with E-state index in [0.717, 1.165) is 21.8 Å². The maximum atomic E-state index is 13.4. The molecule has 1 atom stereocenters. The van der Waals surface area contributed by atoms with Crippen LogP contribution in [-0.4, -0.2) is 28.9 Å². The van der Waals surface area contributed by atoms with E-state index in [0.29, 0.717) is 16.9 Å². The lowest BCUT2D eigenvalue weighted by atomic mass is 10.1. The summed E-state index contributed by atoms with van der Waals surface area (Å²) in [6.07, 6.45) is 0. The predicted molar refractivity (Wildman–Crippen MR) is 127 cm³/mol. The highest BCUT2D eigenvalue weighted by Crippen LogP contribution is 2.26. The maximum Gasteiger partial charge on any atom is 0.263 e. The number of hydrogen-bond donors (Lipinski definition) is 1. The van der Waals surface area contributed by atoms with Crippen LogP contribution in [-0.2, 0) is 0 Å². The number of hydrogen-bond acceptors (Lipinski definition) is 6. The first-order chi connectivity index (χ1) is 14.6. The van der Waals surface area contributed by atoms with Gasteiger partial charge in [0.05, 0.1) is 11.6 Å². The molecule has 0 saturated carbocycles. The van der Waals surface area contributed by atoms with Gasteiger partial charge in [0.25, 0.3) is 5.56 Å². The summed E-state index contributed by atoms with van der Waals surface area (Å²) >= 11 is 1.44. The van der Waals surface area contributed by atoms with Crippen molar-refractivity contribution >= 4 is 39.8 Å². The molecule has 2 heterocycles. The zero-order valence-electron chi connectivity index (χ0n) is 16.7. The smallest absolute Gasteiger partial charge is 0.263 e. The van der Waals surface area contributed by atoms with Crippen LogP contribution in [0, 0.1) is 0 Å². The Hall–Kier alpha value is -3.45. The van der Waals surface area contributed by atoms with E-state index in [9.17, 15) is 4.79 Å². The van der Waals surface area contributed by atoms with E-state index in [1.54, 1.807) is 17.2 Å². The van der Waals surface area contributed by atoms with Crippen molar-refractivity contribution in [3.05, 3.63) is 88.2 Å². The van der Waals surface area contributed by atoms with Gasteiger partial charge in [0.1, 0.15) is 10.7 Å². The zero-order valence-corrected chi connectivity index (χ0v) is 17.6. The van der Waals surface area contributed by atoms with Crippen molar-refractivity contribution in [1.82, 2.24) is 9.88 Å². The highest BCUT2D eigenvalue weighted by Gasteiger charge is 2.21. The number of aromatic nitrogens is 1. The first-order valence-electron chi connectivity index (χ1n) is 9.48. The lowest BCUT2D eigenvalue weighted by Gasteiger charge is -2.22. The second kappa shape index (κ2) is 8.51. The van der Waals surface area contributed by atoms with E-state index in [1.165, 1.54) is 11.8 Å². The molecule has 1 aliphatic heterocycles. The second-order valence-corrected chi connectivity index (χ2v) is 7.57. The van der Waals surface area contributed by atoms with Crippen molar-refractivity contribution in [3.8, 4) is 5.69 Å². The molecule has 1 aliphatic rings. The van der Waals surface area contributed by atoms with Crippen molar-refractivity contribution in [1.29, 1.82) is 0 Å². The van der Waals surface area contributed by atoms with Gasteiger partial charge in [-0.3, -0.25) is 14.4 Å². The monoisotopic (exact) mass is 415 g/mol. The molecule has 0 aliphatic carbocycles. The highest BCUT2D eigenvalue weighted by molar-refractivity contribution is 8.26. The first-order valence-corrected chi connectivity index (χ1v) is 10.4. The minimum Gasteiger partial charge on any atom is -0.360 e. The number of thioether (sulfide) groups is 1. The first kappa shape index (κ1) is 19.8. The normalized spacial score (nSPS) is 17.3. The lowest BCUT2D eigenvalue weighted by Crippen LogP contribution is -2.28. The van der Waals surface area contributed by atoms with Gasteiger partial charge >= 0.3 is 0 Å². The summed E-state index contributed by atoms with van der Waals surface area (Å²) in [5.74, 6) is 0.532. The molecule has 0 bridgehead atoms. The van der Waals surface area contributed by atoms with Crippen LogP contribution in [0.5, 0.6) is 0 Å². The Morgan fingerprint density at radius 3 is 2.63 bits per heavy atom. The van der Waals surface area contributed by atoms with E-state index in [1.807, 2.05) is 67.6 Å². The van der Waals surface area contributed by atoms with Gasteiger partial charge in [-0.2, -0.15) is 0 Å². The Bertz CT molecular complexity index is 1260. The predicted octanol–water partition coefficient (Wildman–Crippen LogP) is 4.31. The third-order valence-electron chi connectivity index (χ3n) is 4.90. The van der Waals surface area contributed by atoms with Crippen LogP contribution >= 0.6 is 11.8 Å². The fourth-order valence-electron chi connectivity index (χ4n) is 3.47. The summed E-state index contributed by atoms with van der Waals surface area (Å²) in [5.41, 5.74) is 3.94. The molecule has 150 valence electrons. The topological polar surface area (TPSA) is 71.1 Å². The summed E-state index contributed by atoms with van der Waals surface area (Å²) in [7, 11) is 1.72. The minimum atomic E-state index is -0.241. The van der Waals surface area contributed by atoms with Gasteiger partial charge in [-0.25, -0.2) is 9.98 Å². The molecule has 0 saturated heterocycles. The van der Waals surface area contributed by atoms with Gasteiger partial charge in [0.2, 0.25) is 0 Å². The molecule has 6 nitrogen and oxygen atoms in total. The number of nitrogens with one attached hydrogen (secondary N) is 1. The fourth-order valence-corrected chi connectivity index (χ4v) is 4.09. The second-order valence-electron chi connectivity index (χ2n) is 6.74. The van der Waals surface area contributed by atoms with Crippen LogP contribution in [0.15, 0.2) is 92.0 Å². The number of rotatable bonds is 5. The van der Waals surface area contributed by atoms with Crippen molar-refractivity contribution in [3.63, 3.8) is 0 Å². The van der Waals surface area contributed by atoms with Gasteiger partial charge in [0.15, 0.2) is 5.82 Å². The molecular formula is C23H21N5OS. The molecule has 30 heavy (non-hydrogen) atoms. The Morgan fingerprint density at radius 2 is 1.90 bits per heavy atom. The molecule has 2 aromatic carbocycles. The quantitative estimate of drug-likeness (QED) is 0.631. The average molecular weight is 416 g/mol. The number of benzene rings is 2.